The number of hydrogen-bond acceptors (Lipinski definition) is 30. The summed E-state index contributed by atoms with van der Waals surface area (Å²) >= 11 is 0. The molecule has 35 heteroatoms. The molecule has 0 spiro atoms. The number of aromatic amines is 1. The van der Waals surface area contributed by atoms with Crippen molar-refractivity contribution in [2.24, 2.45) is 21.7 Å². The molecule has 1 aliphatic carbocycles. The van der Waals surface area contributed by atoms with E-state index in [1.165, 1.54) is 32.6 Å². The largest absolute Gasteiger partial charge is 0.460 e. The quantitative estimate of drug-likeness (QED) is 0.0180. The highest BCUT2D eigenvalue weighted by molar-refractivity contribution is 5.97. The van der Waals surface area contributed by atoms with Gasteiger partial charge in [-0.05, 0) is 154 Å². The third-order valence-electron chi connectivity index (χ3n) is 20.1. The Balaban J connectivity index is 0.000000209. The van der Waals surface area contributed by atoms with E-state index in [2.05, 4.69) is 201 Å². The second kappa shape index (κ2) is 43.2. The van der Waals surface area contributed by atoms with E-state index >= 15 is 0 Å². The van der Waals surface area contributed by atoms with E-state index in [0.29, 0.717) is 116 Å². The van der Waals surface area contributed by atoms with Gasteiger partial charge in [0, 0.05) is 133 Å². The lowest BCUT2D eigenvalue weighted by atomic mass is 9.96. The topological polar surface area (TPSA) is 441 Å². The first-order chi connectivity index (χ1) is 59.3. The molecule has 0 unspecified atom stereocenters. The van der Waals surface area contributed by atoms with Gasteiger partial charge in [-0.1, -0.05) is 126 Å². The van der Waals surface area contributed by atoms with Crippen molar-refractivity contribution in [3.05, 3.63) is 157 Å². The minimum Gasteiger partial charge on any atom is -0.460 e. The second-order valence-corrected chi connectivity index (χ2v) is 36.6. The highest BCUT2D eigenvalue weighted by atomic mass is 16.6. The van der Waals surface area contributed by atoms with Gasteiger partial charge in [0.05, 0.1) is 12.0 Å². The summed E-state index contributed by atoms with van der Waals surface area (Å²) in [5.74, 6) is 4.25. The molecule has 1 saturated carbocycles. The second-order valence-electron chi connectivity index (χ2n) is 36.6. The van der Waals surface area contributed by atoms with E-state index in [1.54, 1.807) is 69.4 Å². The number of carbonyl (C=O) groups is 3. The number of anilines is 13. The maximum absolute atomic E-state index is 12.3. The number of amides is 3. The molecular weight excluding hydrogens is 1600 g/mol. The number of aromatic nitrogens is 11. The highest BCUT2D eigenvalue weighted by Gasteiger charge is 2.32. The van der Waals surface area contributed by atoms with Gasteiger partial charge in [-0.15, -0.1) is 0 Å². The number of piperidine rings is 1. The van der Waals surface area contributed by atoms with Crippen LogP contribution in [0.25, 0.3) is 11.4 Å². The van der Waals surface area contributed by atoms with Crippen LogP contribution >= 0.6 is 0 Å². The number of H-pyrrole nitrogens is 1. The lowest BCUT2D eigenvalue weighted by Crippen LogP contribution is -2.36. The first-order valence-corrected chi connectivity index (χ1v) is 41.9. The number of nitro groups is 1. The molecule has 9 N–H and O–H groups in total. The predicted molar refractivity (Wildman–Crippen MR) is 496 cm³/mol. The number of aryl methyl sites for hydroxylation is 5. The summed E-state index contributed by atoms with van der Waals surface area (Å²) in [5, 5.41) is 70.2. The fourth-order valence-corrected chi connectivity index (χ4v) is 14.4. The number of hydrogen-bond donors (Lipinski definition) is 9. The molecule has 2 fully saturated rings. The predicted octanol–water partition coefficient (Wildman–Crippen LogP) is 15.5. The van der Waals surface area contributed by atoms with Crippen LogP contribution in [0, 0.1) is 100 Å². The van der Waals surface area contributed by atoms with Crippen LogP contribution in [0.2, 0.25) is 0 Å². The lowest BCUT2D eigenvalue weighted by Gasteiger charge is -2.30. The van der Waals surface area contributed by atoms with Gasteiger partial charge in [-0.25, -0.2) is 30.4 Å². The molecule has 126 heavy (non-hydrogen) atoms. The van der Waals surface area contributed by atoms with Crippen molar-refractivity contribution in [3.8, 4) is 35.6 Å². The van der Waals surface area contributed by atoms with Crippen LogP contribution in [0.15, 0.2) is 85.5 Å². The summed E-state index contributed by atoms with van der Waals surface area (Å²) in [4.78, 5) is 103. The zero-order valence-electron chi connectivity index (χ0n) is 77.6. The number of likely N-dealkylation sites (tertiary alicyclic amines) is 1. The van der Waals surface area contributed by atoms with Crippen molar-refractivity contribution in [1.29, 1.82) is 15.8 Å². The summed E-state index contributed by atoms with van der Waals surface area (Å²) < 4.78 is 6.22. The number of hydroxylamine groups is 1. The molecule has 9 aromatic rings. The first kappa shape index (κ1) is 98.0. The van der Waals surface area contributed by atoms with Gasteiger partial charge in [-0.2, -0.15) is 40.8 Å². The van der Waals surface area contributed by atoms with Crippen LogP contribution in [-0.2, 0) is 4.84 Å². The average molecular weight is 1720 g/mol. The molecule has 0 atom stereocenters. The van der Waals surface area contributed by atoms with Gasteiger partial charge in [0.15, 0.2) is 40.7 Å². The number of nitriles is 3. The normalized spacial score (nSPS) is 12.9. The van der Waals surface area contributed by atoms with Crippen molar-refractivity contribution in [1.82, 2.24) is 76.1 Å². The minimum absolute atomic E-state index is 0.00515. The smallest absolute Gasteiger partial charge is 0.353 e. The Labute approximate surface area is 740 Å². The SMILES string of the molecule is CNC(=O)c1ccc(C)c(Nc2nc(C)nc(N(C)CC(C)(C)C)c2C#N)c1.CNC(=O)c1ccc(C)c(Nc2nc(NC3CCCC3)nc(N(C)CC(C)(C)C)c2C#N)c1.CONC(=O)c1ccc(C)c(Nc2nc(OC3CCN(C)CC3)nc(N(C)CC(C)(C)C)c2C#N)c1.Cc1ccc(-c2ncn[nH]2)cc1Nc1ncnc(N(C)CC(C)(C)C)c1[N+](=O)[O-]. The van der Waals surface area contributed by atoms with Gasteiger partial charge in [0.1, 0.15) is 59.5 Å². The molecule has 11 rings (SSSR count). The fraction of sp³-hybridized carbons (Fsp3) is 0.473. The zero-order valence-corrected chi connectivity index (χ0v) is 77.6. The molecule has 3 amide bonds. The van der Waals surface area contributed by atoms with Crippen molar-refractivity contribution in [2.45, 2.75) is 168 Å². The number of benzene rings is 4. The monoisotopic (exact) mass is 1720 g/mol. The summed E-state index contributed by atoms with van der Waals surface area (Å²) in [6, 6.07) is 29.1. The fourth-order valence-electron chi connectivity index (χ4n) is 14.4. The van der Waals surface area contributed by atoms with Crippen molar-refractivity contribution in [2.75, 3.05) is 142 Å². The summed E-state index contributed by atoms with van der Waals surface area (Å²) in [6.07, 6.45) is 9.10. The number of nitrogens with zero attached hydrogens (tertiary/aromatic N) is 19. The molecule has 1 saturated heterocycles. The van der Waals surface area contributed by atoms with Crippen LogP contribution in [0.3, 0.4) is 0 Å². The van der Waals surface area contributed by atoms with E-state index in [0.717, 1.165) is 91.1 Å². The summed E-state index contributed by atoms with van der Waals surface area (Å²) in [6.45, 7) is 39.6. The van der Waals surface area contributed by atoms with Gasteiger partial charge >= 0.3 is 11.7 Å². The number of nitrogens with one attached hydrogen (secondary N) is 9. The van der Waals surface area contributed by atoms with Gasteiger partial charge < -0.3 is 66.5 Å². The molecule has 670 valence electrons. The van der Waals surface area contributed by atoms with Crippen molar-refractivity contribution < 1.29 is 28.9 Å². The molecule has 1 aliphatic heterocycles. The molecule has 0 radical (unpaired) electrons. The van der Waals surface area contributed by atoms with E-state index in [1.807, 2.05) is 99.9 Å². The van der Waals surface area contributed by atoms with Crippen LogP contribution in [0.1, 0.15) is 197 Å². The maximum Gasteiger partial charge on any atom is 0.353 e. The molecule has 6 heterocycles. The lowest BCUT2D eigenvalue weighted by molar-refractivity contribution is -0.383. The van der Waals surface area contributed by atoms with Crippen LogP contribution in [0.5, 0.6) is 6.01 Å². The zero-order chi connectivity index (χ0) is 92.9. The Morgan fingerprint density at radius 3 is 1.37 bits per heavy atom. The number of rotatable bonds is 26. The van der Waals surface area contributed by atoms with Crippen LogP contribution in [0.4, 0.5) is 80.9 Å². The van der Waals surface area contributed by atoms with Crippen LogP contribution in [-0.4, -0.2) is 190 Å². The van der Waals surface area contributed by atoms with Crippen molar-refractivity contribution in [3.63, 3.8) is 0 Å². The molecule has 4 aromatic carbocycles. The molecule has 35 nitrogen and oxygen atoms in total. The molecule has 0 bridgehead atoms. The number of carbonyl (C=O) groups excluding carboxylic acids is 3. The van der Waals surface area contributed by atoms with Gasteiger partial charge in [0.25, 0.3) is 17.7 Å². The van der Waals surface area contributed by atoms with E-state index in [-0.39, 0.29) is 68.8 Å². The standard InChI is InChI=1S/C26H37N7O3.C25H35N7O.C21H28N6O.C19H24N8O2/c1-17-8-9-18(24(34)31-35-7)14-21(17)28-22-20(15-27)23(33(6)16-26(2,3)4)30-25(29-22)36-19-10-12-32(5)13-11-19;1-16-11-12-17(23(33)27-5)13-20(16)29-21-19(14-26)22(32(6)15-25(2,3)4)31-24(30-21)28-18-9-7-8-10-18;1-13-8-9-15(20(28)23-6)10-17(13)26-18-16(11-22)19(25-14(2)24-18)27(7)12-21(3,4)5;1-12-6-7-13(16-21-11-23-25-16)8-14(12)24-17-15(27(28)29)18(22-10-20-17)26(5)9-19(2,3)4/h8-9,14,19H,10-13,16H2,1-7H3,(H,31,34)(H,28,29,30);11-13,18H,7-10,15H2,1-6H3,(H,27,33)(H2,28,29,30,31);8-10H,12H2,1-7H3,(H,23,28)(H,24,25,26);6-8,10-11H,9H2,1-5H3,(H,20,22,24)(H,21,23,25). The van der Waals surface area contributed by atoms with E-state index in [9.17, 15) is 40.3 Å². The van der Waals surface area contributed by atoms with E-state index < -0.39 is 4.92 Å². The van der Waals surface area contributed by atoms with Gasteiger partial charge in [-0.3, -0.25) is 34.4 Å². The summed E-state index contributed by atoms with van der Waals surface area (Å²) in [5.41, 5.74) is 12.0. The van der Waals surface area contributed by atoms with E-state index in [4.69, 9.17) is 19.5 Å². The third kappa shape index (κ3) is 28.0. The minimum atomic E-state index is -0.452. The molecule has 2 aliphatic rings. The van der Waals surface area contributed by atoms with Crippen LogP contribution < -0.4 is 67.0 Å². The van der Waals surface area contributed by atoms with Gasteiger partial charge in [0.2, 0.25) is 17.6 Å². The highest BCUT2D eigenvalue weighted by Crippen LogP contribution is 2.39. The Bertz CT molecular complexity index is 5430. The first-order valence-electron chi connectivity index (χ1n) is 41.9. The summed E-state index contributed by atoms with van der Waals surface area (Å²) in [7, 11) is 14.3. The number of ether oxygens (including phenoxy) is 1. The Hall–Kier alpha value is -13.5. The third-order valence-corrected chi connectivity index (χ3v) is 20.1. The van der Waals surface area contributed by atoms with Crippen molar-refractivity contribution >= 4 is 98.6 Å². The Kier molecular flexibility index (Phi) is 33.6. The molecule has 5 aromatic heterocycles. The maximum atomic E-state index is 12.3. The Morgan fingerprint density at radius 1 is 0.524 bits per heavy atom. The average Bonchev–Trinajstić information content (AvgIpc) is 0.844. The molecular formula is C91H124N28O7. The Morgan fingerprint density at radius 2 is 0.937 bits per heavy atom.